The number of ether oxygens (including phenoxy) is 1. The van der Waals surface area contributed by atoms with E-state index in [0.29, 0.717) is 0 Å². The molecule has 1 aromatic rings. The predicted molar refractivity (Wildman–Crippen MR) is 61.4 cm³/mol. The summed E-state index contributed by atoms with van der Waals surface area (Å²) in [4.78, 5) is 17.5. The highest BCUT2D eigenvalue weighted by Crippen LogP contribution is 2.30. The summed E-state index contributed by atoms with van der Waals surface area (Å²) in [5, 5.41) is 12.6. The van der Waals surface area contributed by atoms with Crippen molar-refractivity contribution >= 4 is 5.82 Å². The summed E-state index contributed by atoms with van der Waals surface area (Å²) < 4.78 is 19.6. The standard InChI is InChI=1S/C9H11FN6O3/c10-4-2-16(9(18)13-8(4)11)7-1-5(14-15-12)6(3-17)19-7/h2,5-7,17H,1,3H2,(H2,11,13,18)/t5-,6-,7-/m1/s1. The van der Waals surface area contributed by atoms with Gasteiger partial charge < -0.3 is 15.6 Å². The Kier molecular flexibility index (Phi) is 3.65. The molecule has 10 heteroatoms. The first kappa shape index (κ1) is 13.3. The van der Waals surface area contributed by atoms with E-state index in [-0.39, 0.29) is 13.0 Å². The zero-order valence-corrected chi connectivity index (χ0v) is 9.68. The van der Waals surface area contributed by atoms with Crippen LogP contribution in [0, 0.1) is 5.82 Å². The summed E-state index contributed by atoms with van der Waals surface area (Å²) in [6, 6.07) is -0.632. The molecule has 1 aliphatic rings. The molecule has 1 aromatic heterocycles. The fraction of sp³-hybridized carbons (Fsp3) is 0.556. The van der Waals surface area contributed by atoms with Crippen LogP contribution in [0.2, 0.25) is 0 Å². The van der Waals surface area contributed by atoms with Crippen LogP contribution in [-0.2, 0) is 4.74 Å². The third-order valence-electron chi connectivity index (χ3n) is 2.83. The Bertz CT molecular complexity index is 584. The van der Waals surface area contributed by atoms with Gasteiger partial charge >= 0.3 is 5.69 Å². The van der Waals surface area contributed by atoms with Crippen LogP contribution < -0.4 is 11.4 Å². The van der Waals surface area contributed by atoms with Gasteiger partial charge in [-0.25, -0.2) is 9.18 Å². The number of aliphatic hydroxyl groups excluding tert-OH is 1. The number of aliphatic hydroxyl groups is 1. The first-order chi connectivity index (χ1) is 9.06. The van der Waals surface area contributed by atoms with Crippen LogP contribution in [0.1, 0.15) is 12.6 Å². The number of rotatable bonds is 3. The monoisotopic (exact) mass is 270 g/mol. The lowest BCUT2D eigenvalue weighted by Crippen LogP contribution is -2.29. The number of hydrogen-bond donors (Lipinski definition) is 2. The van der Waals surface area contributed by atoms with Gasteiger partial charge in [0.25, 0.3) is 0 Å². The Morgan fingerprint density at radius 3 is 3.16 bits per heavy atom. The minimum atomic E-state index is -0.859. The summed E-state index contributed by atoms with van der Waals surface area (Å²) in [6.45, 7) is -0.375. The van der Waals surface area contributed by atoms with E-state index in [9.17, 15) is 9.18 Å². The van der Waals surface area contributed by atoms with Crippen molar-refractivity contribution in [3.8, 4) is 0 Å². The van der Waals surface area contributed by atoms with Crippen molar-refractivity contribution in [2.24, 2.45) is 5.11 Å². The lowest BCUT2D eigenvalue weighted by atomic mass is 10.1. The molecule has 1 saturated heterocycles. The van der Waals surface area contributed by atoms with Crippen molar-refractivity contribution in [3.05, 3.63) is 32.9 Å². The Hall–Kier alpha value is -2.16. The largest absolute Gasteiger partial charge is 0.394 e. The van der Waals surface area contributed by atoms with Gasteiger partial charge in [0.2, 0.25) is 0 Å². The fourth-order valence-corrected chi connectivity index (χ4v) is 1.90. The lowest BCUT2D eigenvalue weighted by molar-refractivity contribution is -0.0273. The molecule has 9 nitrogen and oxygen atoms in total. The number of nitrogen functional groups attached to an aromatic ring is 1. The number of halogens is 1. The second kappa shape index (κ2) is 5.22. The van der Waals surface area contributed by atoms with Gasteiger partial charge in [-0.3, -0.25) is 4.57 Å². The van der Waals surface area contributed by atoms with Crippen LogP contribution in [0.15, 0.2) is 16.1 Å². The molecule has 2 heterocycles. The van der Waals surface area contributed by atoms with E-state index < -0.39 is 35.7 Å². The van der Waals surface area contributed by atoms with Crippen molar-refractivity contribution in [2.75, 3.05) is 12.3 Å². The maximum Gasteiger partial charge on any atom is 0.351 e. The van der Waals surface area contributed by atoms with Crippen LogP contribution in [0.3, 0.4) is 0 Å². The molecule has 0 aromatic carbocycles. The summed E-state index contributed by atoms with van der Waals surface area (Å²) >= 11 is 0. The number of nitrogens with two attached hydrogens (primary N) is 1. The number of anilines is 1. The van der Waals surface area contributed by atoms with Gasteiger partial charge in [0.15, 0.2) is 11.6 Å². The van der Waals surface area contributed by atoms with Gasteiger partial charge in [-0.05, 0) is 5.53 Å². The van der Waals surface area contributed by atoms with E-state index in [2.05, 4.69) is 15.0 Å². The van der Waals surface area contributed by atoms with Gasteiger partial charge in [0.1, 0.15) is 6.23 Å². The Balaban J connectivity index is 2.32. The number of hydrogen-bond acceptors (Lipinski definition) is 6. The number of aromatic nitrogens is 2. The van der Waals surface area contributed by atoms with E-state index in [0.717, 1.165) is 10.8 Å². The quantitative estimate of drug-likeness (QED) is 0.449. The fourth-order valence-electron chi connectivity index (χ4n) is 1.90. The molecule has 1 fully saturated rings. The first-order valence-electron chi connectivity index (χ1n) is 5.41. The third-order valence-corrected chi connectivity index (χ3v) is 2.83. The highest BCUT2D eigenvalue weighted by molar-refractivity contribution is 5.26. The lowest BCUT2D eigenvalue weighted by Gasteiger charge is -2.14. The summed E-state index contributed by atoms with van der Waals surface area (Å²) in [6.07, 6.45) is -0.584. The molecule has 0 unspecified atom stereocenters. The molecule has 0 bridgehead atoms. The molecule has 102 valence electrons. The van der Waals surface area contributed by atoms with E-state index in [1.807, 2.05) is 0 Å². The average Bonchev–Trinajstić information content (AvgIpc) is 2.77. The normalized spacial score (nSPS) is 26.1. The maximum atomic E-state index is 13.3. The molecule has 0 spiro atoms. The van der Waals surface area contributed by atoms with Crippen molar-refractivity contribution in [1.29, 1.82) is 0 Å². The van der Waals surface area contributed by atoms with Crippen LogP contribution in [0.25, 0.3) is 10.4 Å². The summed E-state index contributed by atoms with van der Waals surface area (Å²) in [7, 11) is 0. The van der Waals surface area contributed by atoms with Crippen molar-refractivity contribution in [2.45, 2.75) is 24.8 Å². The Labute approximate surface area is 106 Å². The molecule has 0 amide bonds. The van der Waals surface area contributed by atoms with E-state index >= 15 is 0 Å². The van der Waals surface area contributed by atoms with Gasteiger partial charge in [0.05, 0.1) is 24.9 Å². The second-order valence-corrected chi connectivity index (χ2v) is 3.98. The third kappa shape index (κ3) is 2.50. The van der Waals surface area contributed by atoms with Crippen molar-refractivity contribution in [1.82, 2.24) is 9.55 Å². The molecule has 2 rings (SSSR count). The van der Waals surface area contributed by atoms with E-state index in [1.165, 1.54) is 0 Å². The highest BCUT2D eigenvalue weighted by atomic mass is 19.1. The molecule has 1 aliphatic heterocycles. The van der Waals surface area contributed by atoms with Crippen LogP contribution in [0.5, 0.6) is 0 Å². The molecule has 0 saturated carbocycles. The molecule has 3 N–H and O–H groups in total. The van der Waals surface area contributed by atoms with Crippen molar-refractivity contribution < 1.29 is 14.2 Å². The Morgan fingerprint density at radius 2 is 2.53 bits per heavy atom. The SMILES string of the molecule is [N-]=[N+]=N[C@@H]1C[C@H](n2cc(F)c(N)nc2=O)O[C@@H]1CO. The zero-order valence-electron chi connectivity index (χ0n) is 9.68. The van der Waals surface area contributed by atoms with Crippen LogP contribution in [0.4, 0.5) is 10.2 Å². The molecule has 0 radical (unpaired) electrons. The topological polar surface area (TPSA) is 139 Å². The number of nitrogens with zero attached hydrogens (tertiary/aromatic N) is 5. The van der Waals surface area contributed by atoms with Gasteiger partial charge in [-0.2, -0.15) is 4.98 Å². The van der Waals surface area contributed by atoms with Crippen LogP contribution >= 0.6 is 0 Å². The average molecular weight is 270 g/mol. The highest BCUT2D eigenvalue weighted by Gasteiger charge is 2.36. The first-order valence-corrected chi connectivity index (χ1v) is 5.41. The van der Waals surface area contributed by atoms with Crippen molar-refractivity contribution in [3.63, 3.8) is 0 Å². The van der Waals surface area contributed by atoms with E-state index in [4.69, 9.17) is 21.1 Å². The molecule has 0 aliphatic carbocycles. The smallest absolute Gasteiger partial charge is 0.351 e. The minimum Gasteiger partial charge on any atom is -0.394 e. The molecule has 3 atom stereocenters. The molecular formula is C9H11FN6O3. The maximum absolute atomic E-state index is 13.3. The van der Waals surface area contributed by atoms with Crippen LogP contribution in [-0.4, -0.2) is 33.4 Å². The minimum absolute atomic E-state index is 0.139. The second-order valence-electron chi connectivity index (χ2n) is 3.98. The molecule has 19 heavy (non-hydrogen) atoms. The zero-order chi connectivity index (χ0) is 14.0. The number of azide groups is 1. The van der Waals surface area contributed by atoms with Gasteiger partial charge in [0, 0.05) is 11.3 Å². The predicted octanol–water partition coefficient (Wildman–Crippen LogP) is -0.0767. The van der Waals surface area contributed by atoms with E-state index in [1.54, 1.807) is 0 Å². The van der Waals surface area contributed by atoms with Gasteiger partial charge in [-0.15, -0.1) is 0 Å². The summed E-state index contributed by atoms with van der Waals surface area (Å²) in [5.41, 5.74) is 12.8. The van der Waals surface area contributed by atoms with Gasteiger partial charge in [-0.1, -0.05) is 5.11 Å². The summed E-state index contributed by atoms with van der Waals surface area (Å²) in [5.74, 6) is -1.35. The molecular weight excluding hydrogens is 259 g/mol. The Morgan fingerprint density at radius 1 is 1.79 bits per heavy atom.